The smallest absolute Gasteiger partial charge is 0.227 e. The molecule has 0 aliphatic carbocycles. The SMILES string of the molecule is NC(=O)CSc1cc(-c2ccccc2)nc(SCc2ccc(Cl)cc2)n1. The van der Waals surface area contributed by atoms with Gasteiger partial charge in [-0.1, -0.05) is 77.6 Å². The Hall–Kier alpha value is -2.02. The van der Waals surface area contributed by atoms with Crippen LogP contribution in [0, 0.1) is 0 Å². The second-order valence-electron chi connectivity index (χ2n) is 5.41. The Labute approximate surface area is 165 Å². The van der Waals surface area contributed by atoms with Crippen molar-refractivity contribution in [3.63, 3.8) is 0 Å². The summed E-state index contributed by atoms with van der Waals surface area (Å²) in [6, 6.07) is 19.5. The highest BCUT2D eigenvalue weighted by Crippen LogP contribution is 2.28. The third kappa shape index (κ3) is 5.49. The quantitative estimate of drug-likeness (QED) is 0.354. The largest absolute Gasteiger partial charge is 0.369 e. The van der Waals surface area contributed by atoms with Crippen molar-refractivity contribution < 1.29 is 4.79 Å². The first-order chi connectivity index (χ1) is 12.6. The predicted octanol–water partition coefficient (Wildman–Crippen LogP) is 4.67. The van der Waals surface area contributed by atoms with Crippen molar-refractivity contribution in [2.24, 2.45) is 5.73 Å². The van der Waals surface area contributed by atoms with Crippen molar-refractivity contribution in [3.8, 4) is 11.3 Å². The molecule has 0 unspecified atom stereocenters. The van der Waals surface area contributed by atoms with Crippen molar-refractivity contribution >= 4 is 41.0 Å². The van der Waals surface area contributed by atoms with Gasteiger partial charge in [-0.05, 0) is 23.8 Å². The van der Waals surface area contributed by atoms with Crippen LogP contribution in [0.1, 0.15) is 5.56 Å². The maximum absolute atomic E-state index is 11.1. The summed E-state index contributed by atoms with van der Waals surface area (Å²) in [7, 11) is 0. The molecule has 7 heteroatoms. The second kappa shape index (κ2) is 9.07. The molecule has 2 aromatic carbocycles. The molecule has 0 radical (unpaired) electrons. The highest BCUT2D eigenvalue weighted by Gasteiger charge is 2.09. The van der Waals surface area contributed by atoms with Gasteiger partial charge in [0, 0.05) is 16.3 Å². The molecule has 132 valence electrons. The van der Waals surface area contributed by atoms with Crippen LogP contribution in [-0.2, 0) is 10.5 Å². The molecule has 0 fully saturated rings. The van der Waals surface area contributed by atoms with Crippen LogP contribution in [0.3, 0.4) is 0 Å². The highest BCUT2D eigenvalue weighted by atomic mass is 35.5. The van der Waals surface area contributed by atoms with E-state index in [4.69, 9.17) is 17.3 Å². The van der Waals surface area contributed by atoms with Gasteiger partial charge in [0.1, 0.15) is 5.03 Å². The average molecular weight is 402 g/mol. The Morgan fingerprint density at radius 1 is 1.00 bits per heavy atom. The molecular weight excluding hydrogens is 386 g/mol. The molecule has 0 atom stereocenters. The first-order valence-corrected chi connectivity index (χ1v) is 10.2. The van der Waals surface area contributed by atoms with Crippen molar-refractivity contribution in [3.05, 3.63) is 71.2 Å². The number of carbonyl (C=O) groups excluding carboxylic acids is 1. The lowest BCUT2D eigenvalue weighted by molar-refractivity contribution is -0.115. The zero-order chi connectivity index (χ0) is 18.4. The number of amides is 1. The summed E-state index contributed by atoms with van der Waals surface area (Å²) >= 11 is 8.79. The normalized spacial score (nSPS) is 10.7. The number of hydrogen-bond acceptors (Lipinski definition) is 5. The van der Waals surface area contributed by atoms with E-state index in [-0.39, 0.29) is 11.7 Å². The summed E-state index contributed by atoms with van der Waals surface area (Å²) < 4.78 is 0. The minimum Gasteiger partial charge on any atom is -0.369 e. The number of rotatable bonds is 7. The summed E-state index contributed by atoms with van der Waals surface area (Å²) in [5, 5.41) is 2.11. The summed E-state index contributed by atoms with van der Waals surface area (Å²) in [6.45, 7) is 0. The standard InChI is InChI=1S/C19H16ClN3OS2/c20-15-8-6-13(7-9-15)11-26-19-22-16(14-4-2-1-3-5-14)10-18(23-19)25-12-17(21)24/h1-10H,11-12H2,(H2,21,24). The maximum atomic E-state index is 11.1. The lowest BCUT2D eigenvalue weighted by Gasteiger charge is -2.08. The Balaban J connectivity index is 1.83. The van der Waals surface area contributed by atoms with Gasteiger partial charge in [-0.15, -0.1) is 0 Å². The van der Waals surface area contributed by atoms with Crippen molar-refractivity contribution in [1.29, 1.82) is 0 Å². The highest BCUT2D eigenvalue weighted by molar-refractivity contribution is 8.00. The number of thioether (sulfide) groups is 2. The molecule has 1 aromatic heterocycles. The Bertz CT molecular complexity index is 889. The predicted molar refractivity (Wildman–Crippen MR) is 108 cm³/mol. The van der Waals surface area contributed by atoms with Crippen LogP contribution < -0.4 is 5.73 Å². The molecule has 4 nitrogen and oxygen atoms in total. The number of nitrogens with zero attached hydrogens (tertiary/aromatic N) is 2. The molecule has 2 N–H and O–H groups in total. The number of hydrogen-bond donors (Lipinski definition) is 1. The average Bonchev–Trinajstić information content (AvgIpc) is 2.66. The molecule has 0 aliphatic rings. The van der Waals surface area contributed by atoms with Crippen LogP contribution in [0.2, 0.25) is 5.02 Å². The topological polar surface area (TPSA) is 68.9 Å². The van der Waals surface area contributed by atoms with E-state index in [1.54, 1.807) is 11.8 Å². The van der Waals surface area contributed by atoms with Crippen LogP contribution in [0.5, 0.6) is 0 Å². The van der Waals surface area contributed by atoms with E-state index in [1.807, 2.05) is 60.7 Å². The van der Waals surface area contributed by atoms with Crippen LogP contribution in [0.4, 0.5) is 0 Å². The molecule has 0 saturated heterocycles. The molecule has 0 saturated carbocycles. The minimum absolute atomic E-state index is 0.187. The minimum atomic E-state index is -0.370. The maximum Gasteiger partial charge on any atom is 0.227 e. The zero-order valence-corrected chi connectivity index (χ0v) is 16.2. The summed E-state index contributed by atoms with van der Waals surface area (Å²) in [6.07, 6.45) is 0. The molecule has 3 rings (SSSR count). The van der Waals surface area contributed by atoms with Crippen LogP contribution >= 0.6 is 35.1 Å². The number of halogens is 1. The van der Waals surface area contributed by atoms with E-state index in [1.165, 1.54) is 11.8 Å². The first-order valence-electron chi connectivity index (χ1n) is 7.83. The van der Waals surface area contributed by atoms with Gasteiger partial charge in [-0.3, -0.25) is 4.79 Å². The molecular formula is C19H16ClN3OS2. The van der Waals surface area contributed by atoms with Crippen molar-refractivity contribution in [2.45, 2.75) is 15.9 Å². The van der Waals surface area contributed by atoms with Gasteiger partial charge in [0.15, 0.2) is 5.16 Å². The molecule has 3 aromatic rings. The number of primary amides is 1. The summed E-state index contributed by atoms with van der Waals surface area (Å²) in [5.41, 5.74) is 8.22. The van der Waals surface area contributed by atoms with Crippen molar-refractivity contribution in [1.82, 2.24) is 9.97 Å². The Morgan fingerprint density at radius 2 is 1.73 bits per heavy atom. The fourth-order valence-electron chi connectivity index (χ4n) is 2.17. The van der Waals surface area contributed by atoms with E-state index in [2.05, 4.69) is 9.97 Å². The molecule has 1 amide bonds. The van der Waals surface area contributed by atoms with Crippen LogP contribution in [-0.4, -0.2) is 21.6 Å². The second-order valence-corrected chi connectivity index (χ2v) is 7.78. The lowest BCUT2D eigenvalue weighted by Crippen LogP contribution is -2.13. The van der Waals surface area contributed by atoms with Crippen LogP contribution in [0.25, 0.3) is 11.3 Å². The zero-order valence-electron chi connectivity index (χ0n) is 13.8. The molecule has 0 spiro atoms. The van der Waals surface area contributed by atoms with E-state index in [0.717, 1.165) is 27.6 Å². The third-order valence-corrected chi connectivity index (χ3v) is 5.50. The van der Waals surface area contributed by atoms with Crippen LogP contribution in [0.15, 0.2) is 70.8 Å². The third-order valence-electron chi connectivity index (χ3n) is 3.40. The van der Waals surface area contributed by atoms with Gasteiger partial charge in [0.2, 0.25) is 5.91 Å². The Kier molecular flexibility index (Phi) is 6.55. The van der Waals surface area contributed by atoms with Gasteiger partial charge in [0.25, 0.3) is 0 Å². The van der Waals surface area contributed by atoms with E-state index < -0.39 is 0 Å². The lowest BCUT2D eigenvalue weighted by atomic mass is 10.1. The number of nitrogens with two attached hydrogens (primary N) is 1. The monoisotopic (exact) mass is 401 g/mol. The number of aromatic nitrogens is 2. The van der Waals surface area contributed by atoms with E-state index in [9.17, 15) is 4.79 Å². The van der Waals surface area contributed by atoms with Gasteiger partial charge in [-0.25, -0.2) is 9.97 Å². The van der Waals surface area contributed by atoms with Gasteiger partial charge >= 0.3 is 0 Å². The first kappa shape index (κ1) is 18.8. The number of carbonyl (C=O) groups is 1. The van der Waals surface area contributed by atoms with E-state index >= 15 is 0 Å². The summed E-state index contributed by atoms with van der Waals surface area (Å²) in [5.74, 6) is 0.548. The molecule has 0 aliphatic heterocycles. The van der Waals surface area contributed by atoms with Crippen molar-refractivity contribution in [2.75, 3.05) is 5.75 Å². The molecule has 1 heterocycles. The number of benzene rings is 2. The van der Waals surface area contributed by atoms with Gasteiger partial charge < -0.3 is 5.73 Å². The summed E-state index contributed by atoms with van der Waals surface area (Å²) in [4.78, 5) is 20.3. The van der Waals surface area contributed by atoms with E-state index in [0.29, 0.717) is 10.2 Å². The Morgan fingerprint density at radius 3 is 2.42 bits per heavy atom. The fourth-order valence-corrected chi connectivity index (χ4v) is 3.81. The van der Waals surface area contributed by atoms with Gasteiger partial charge in [-0.2, -0.15) is 0 Å². The molecule has 26 heavy (non-hydrogen) atoms. The fraction of sp³-hybridized carbons (Fsp3) is 0.105. The van der Waals surface area contributed by atoms with Gasteiger partial charge in [0.05, 0.1) is 11.4 Å². The molecule has 0 bridgehead atoms.